The molecule has 7 aromatic heterocycles. The number of aliphatic carboxylic acids is 1. The Labute approximate surface area is 602 Å². The van der Waals surface area contributed by atoms with Crippen LogP contribution in [0.5, 0.6) is 5.75 Å². The number of nitrogens with two attached hydrogens (primary N) is 1. The summed E-state index contributed by atoms with van der Waals surface area (Å²) in [6.07, 6.45) is 1.30. The van der Waals surface area contributed by atoms with E-state index in [1.807, 2.05) is 6.92 Å². The zero-order valence-electron chi connectivity index (χ0n) is 54.4. The molecule has 1 aliphatic carbocycles. The summed E-state index contributed by atoms with van der Waals surface area (Å²) < 4.78 is 5.85. The molecule has 2 aromatic carbocycles. The van der Waals surface area contributed by atoms with Gasteiger partial charge in [0.2, 0.25) is 11.8 Å². The Hall–Kier alpha value is -9.19. The molecular formula is C68H69N15O12S6. The quantitative estimate of drug-likeness (QED) is 0.0451. The largest absolute Gasteiger partial charge is 0.484 e. The molecule has 2 saturated heterocycles. The van der Waals surface area contributed by atoms with Gasteiger partial charge in [0.25, 0.3) is 29.5 Å². The summed E-state index contributed by atoms with van der Waals surface area (Å²) in [6.45, 7) is 6.39. The number of rotatable bonds is 16. The summed E-state index contributed by atoms with van der Waals surface area (Å²) >= 11 is 6.89. The Kier molecular flexibility index (Phi) is 21.5. The number of amides is 7. The molecule has 7 atom stereocenters. The Morgan fingerprint density at radius 2 is 1.36 bits per heavy atom. The van der Waals surface area contributed by atoms with E-state index in [2.05, 4.69) is 46.4 Å². The van der Waals surface area contributed by atoms with Gasteiger partial charge in [-0.2, -0.15) is 0 Å². The highest BCUT2D eigenvalue weighted by molar-refractivity contribution is 7.15. The average Bonchev–Trinajstić information content (AvgIpc) is 1.66. The Morgan fingerprint density at radius 3 is 2.11 bits per heavy atom. The molecule has 4 aliphatic rings. The van der Waals surface area contributed by atoms with Crippen LogP contribution in [0.4, 0.5) is 0 Å². The van der Waals surface area contributed by atoms with Crippen LogP contribution in [-0.2, 0) is 25.6 Å². The first-order valence-electron chi connectivity index (χ1n) is 32.7. The maximum absolute atomic E-state index is 15.5. The highest BCUT2D eigenvalue weighted by Gasteiger charge is 2.46. The van der Waals surface area contributed by atoms with Crippen LogP contribution in [0.2, 0.25) is 0 Å². The molecule has 7 amide bonds. The van der Waals surface area contributed by atoms with Gasteiger partial charge in [-0.05, 0) is 93.9 Å². The number of aliphatic hydroxyl groups excluding tert-OH is 2. The van der Waals surface area contributed by atoms with Gasteiger partial charge in [-0.15, -0.1) is 68.0 Å². The number of likely N-dealkylation sites (tertiary alicyclic amines) is 1. The lowest BCUT2D eigenvalue weighted by Gasteiger charge is -2.29. The number of pyridine rings is 1. The van der Waals surface area contributed by atoms with Crippen molar-refractivity contribution in [3.05, 3.63) is 147 Å². The monoisotopic (exact) mass is 1480 g/mol. The molecule has 3 aliphatic heterocycles. The smallest absolute Gasteiger partial charge is 0.306 e. The molecule has 10 heterocycles. The molecule has 3 fully saturated rings. The zero-order chi connectivity index (χ0) is 70.6. The van der Waals surface area contributed by atoms with Gasteiger partial charge in [-0.1, -0.05) is 49.4 Å². The van der Waals surface area contributed by atoms with Crippen molar-refractivity contribution in [2.75, 3.05) is 39.3 Å². The predicted octanol–water partition coefficient (Wildman–Crippen LogP) is 7.55. The van der Waals surface area contributed by atoms with E-state index in [0.717, 1.165) is 66.5 Å². The topological polar surface area (TPSA) is 389 Å². The number of fused-ring (bicyclic) bond motifs is 16. The van der Waals surface area contributed by atoms with Crippen molar-refractivity contribution < 1.29 is 58.4 Å². The van der Waals surface area contributed by atoms with E-state index >= 15 is 4.79 Å². The van der Waals surface area contributed by atoms with Crippen LogP contribution >= 0.6 is 68.0 Å². The molecule has 10 bridgehead atoms. The van der Waals surface area contributed by atoms with Gasteiger partial charge in [0.05, 0.1) is 36.2 Å². The molecule has 524 valence electrons. The molecule has 1 saturated carbocycles. The third-order valence-corrected chi connectivity index (χ3v) is 23.7. The Morgan fingerprint density at radius 1 is 0.693 bits per heavy atom. The van der Waals surface area contributed by atoms with E-state index in [0.29, 0.717) is 102 Å². The maximum atomic E-state index is 15.5. The number of ether oxygens (including phenoxy) is 1. The lowest BCUT2D eigenvalue weighted by atomic mass is 9.86. The molecular weight excluding hydrogens is 1410 g/mol. The summed E-state index contributed by atoms with van der Waals surface area (Å²) in [5.41, 5.74) is 8.70. The SMILES string of the molecule is Cc1sc2nc1C(=O)N[C@@H]([C@H](O)c1ccccc1)c1nc(cs1)C(=O)N[C@@H](Cc1ccc(OCC(=O)NCCN3CCCC3)cc1)C(=O)N1C[C@H](O)[C@H](C)[C@H]1c1nc(cs1)-c1nc(cs1)-c1nc(-c3nc(C(=O)NC4CCC(C(=O)O)CC4)cs3)ccc1-c1nc(cs1)C(=O)N[C@H]2CC(N)=O. The van der Waals surface area contributed by atoms with E-state index in [9.17, 15) is 48.9 Å². The van der Waals surface area contributed by atoms with Crippen molar-refractivity contribution in [1.82, 2.24) is 71.3 Å². The number of carbonyl (C=O) groups excluding carboxylic acids is 7. The van der Waals surface area contributed by atoms with Gasteiger partial charge in [0, 0.05) is 75.4 Å². The Balaban J connectivity index is 0.850. The second-order valence-corrected chi connectivity index (χ2v) is 30.7. The molecule has 10 N–H and O–H groups in total. The summed E-state index contributed by atoms with van der Waals surface area (Å²) in [7, 11) is 0. The number of carboxylic acids is 1. The van der Waals surface area contributed by atoms with E-state index < -0.39 is 96.0 Å². The number of hydrogen-bond donors (Lipinski definition) is 9. The van der Waals surface area contributed by atoms with Crippen molar-refractivity contribution in [3.8, 4) is 49.1 Å². The summed E-state index contributed by atoms with van der Waals surface area (Å²) in [4.78, 5) is 148. The third-order valence-electron chi connectivity index (χ3n) is 18.2. The number of carbonyl (C=O) groups is 8. The molecule has 0 radical (unpaired) electrons. The predicted molar refractivity (Wildman–Crippen MR) is 379 cm³/mol. The van der Waals surface area contributed by atoms with Crippen molar-refractivity contribution in [2.45, 2.75) is 108 Å². The number of aliphatic hydroxyl groups is 2. The molecule has 33 heteroatoms. The van der Waals surface area contributed by atoms with Crippen LogP contribution in [0.15, 0.2) is 93.6 Å². The van der Waals surface area contributed by atoms with Crippen LogP contribution in [0.1, 0.15) is 149 Å². The van der Waals surface area contributed by atoms with Crippen molar-refractivity contribution in [2.24, 2.45) is 17.6 Å². The van der Waals surface area contributed by atoms with E-state index in [-0.39, 0.29) is 64.3 Å². The average molecular weight is 1480 g/mol. The molecule has 0 unspecified atom stereocenters. The summed E-state index contributed by atoms with van der Waals surface area (Å²) in [6, 6.07) is 14.1. The number of carboxylic acid groups (broad SMARTS) is 1. The van der Waals surface area contributed by atoms with Crippen molar-refractivity contribution in [1.29, 1.82) is 0 Å². The number of hydrogen-bond acceptors (Lipinski definition) is 25. The number of nitrogens with zero attached hydrogens (tertiary/aromatic N) is 9. The normalized spacial score (nSPS) is 21.6. The third kappa shape index (κ3) is 16.1. The van der Waals surface area contributed by atoms with Crippen LogP contribution in [0.3, 0.4) is 0 Å². The molecule has 101 heavy (non-hydrogen) atoms. The molecule has 9 aromatic rings. The minimum Gasteiger partial charge on any atom is -0.484 e. The van der Waals surface area contributed by atoms with E-state index in [4.69, 9.17) is 30.4 Å². The van der Waals surface area contributed by atoms with Gasteiger partial charge >= 0.3 is 5.97 Å². The first-order chi connectivity index (χ1) is 48.8. The van der Waals surface area contributed by atoms with Crippen molar-refractivity contribution >= 4 is 115 Å². The minimum atomic E-state index is -1.43. The van der Waals surface area contributed by atoms with Gasteiger partial charge in [0.1, 0.15) is 93.8 Å². The molecule has 27 nitrogen and oxygen atoms in total. The standard InChI is InChI=1S/C68H69N15O12S6/c1-33-49(84)26-83-55(33)66-79-48(32-100-66)63-75-44(28-97-63)53-40(18-19-41(72-53)62-77-45(30-98-62)57(88)71-38-14-12-37(13-15-38)68(93)94)61-76-46(29-96-61)58(89)73-42(25-50(69)85)64-81-52(34(2)101-64)60(91)80-54(56(87)36-8-4-3-5-9-36)65-78-47(31-99-65)59(90)74-43(67(83)92)24-35-10-16-39(17-11-35)95-27-51(86)70-20-23-82-21-6-7-22-82/h3-5,8-11,16-19,28-33,37-38,42-43,49,54-56,84,87H,6-7,12-15,20-27H2,1-2H3,(H2,69,85)(H,70,86)(H,71,88)(H,73,89)(H,74,90)(H,80,91)(H,93,94)/t33-,37?,38?,42-,43-,49-,54-,55-,56+/m0/s1. The fourth-order valence-corrected chi connectivity index (χ4v) is 18.0. The van der Waals surface area contributed by atoms with Crippen LogP contribution in [-0.4, -0.2) is 165 Å². The van der Waals surface area contributed by atoms with Crippen molar-refractivity contribution in [3.63, 3.8) is 0 Å². The van der Waals surface area contributed by atoms with Gasteiger partial charge in [-0.3, -0.25) is 38.4 Å². The molecule has 13 rings (SSSR count). The van der Waals surface area contributed by atoms with Gasteiger partial charge in [-0.25, -0.2) is 34.9 Å². The number of primary amides is 1. The number of aromatic nitrogens is 7. The zero-order valence-corrected chi connectivity index (χ0v) is 59.3. The number of thiazole rings is 6. The van der Waals surface area contributed by atoms with Crippen LogP contribution in [0.25, 0.3) is 43.4 Å². The summed E-state index contributed by atoms with van der Waals surface area (Å²) in [5, 5.41) is 58.1. The van der Waals surface area contributed by atoms with Gasteiger partial charge in [0.15, 0.2) is 6.61 Å². The highest BCUT2D eigenvalue weighted by atomic mass is 32.1. The maximum Gasteiger partial charge on any atom is 0.306 e. The van der Waals surface area contributed by atoms with E-state index in [1.165, 1.54) is 49.7 Å². The minimum absolute atomic E-state index is 0.0359. The van der Waals surface area contributed by atoms with Gasteiger partial charge < -0.3 is 62.2 Å². The van der Waals surface area contributed by atoms with Crippen LogP contribution < -0.4 is 37.1 Å². The first kappa shape index (κ1) is 70.3. The number of aryl methyl sites for hydroxylation is 1. The fourth-order valence-electron chi connectivity index (χ4n) is 12.7. The fraction of sp³-hybridized carbons (Fsp3) is 0.368. The number of benzene rings is 2. The second kappa shape index (κ2) is 31.0. The lowest BCUT2D eigenvalue weighted by molar-refractivity contribution is -0.143. The lowest BCUT2D eigenvalue weighted by Crippen LogP contribution is -2.50. The summed E-state index contributed by atoms with van der Waals surface area (Å²) in [5.74, 6) is -5.67. The van der Waals surface area contributed by atoms with Crippen LogP contribution in [0, 0.1) is 18.8 Å². The highest BCUT2D eigenvalue weighted by Crippen LogP contribution is 2.43. The van der Waals surface area contributed by atoms with E-state index in [1.54, 1.807) is 89.8 Å². The Bertz CT molecular complexity index is 4560. The first-order valence-corrected chi connectivity index (χ1v) is 37.9. The second-order valence-electron chi connectivity index (χ2n) is 25.1. The number of nitrogens with one attached hydrogen (secondary N) is 5. The molecule has 0 spiro atoms.